The lowest BCUT2D eigenvalue weighted by atomic mass is 10.4. The second kappa shape index (κ2) is 7.38. The third-order valence-corrected chi connectivity index (χ3v) is 8.00. The first-order valence-corrected chi connectivity index (χ1v) is 11.2. The molecule has 0 bridgehead atoms. The van der Waals surface area contributed by atoms with E-state index in [1.54, 1.807) is 23.1 Å². The van der Waals surface area contributed by atoms with Gasteiger partial charge in [0.25, 0.3) is 5.91 Å². The standard InChI is InChI=1S/C15H18N4OS4/c1-5-19(6-2)15-18-12-10(23-15)7-9(22-12)11(20)17-14-16-8(3)13(21-4)24-14/h7H,5-6H2,1-4H3,(H,16,17,20). The molecule has 0 aliphatic rings. The first kappa shape index (κ1) is 17.7. The summed E-state index contributed by atoms with van der Waals surface area (Å²) >= 11 is 6.23. The maximum absolute atomic E-state index is 12.4. The third kappa shape index (κ3) is 3.44. The van der Waals surface area contributed by atoms with Crippen molar-refractivity contribution < 1.29 is 4.79 Å². The Morgan fingerprint density at radius 1 is 1.25 bits per heavy atom. The number of aryl methyl sites for hydroxylation is 1. The molecule has 3 rings (SSSR count). The largest absolute Gasteiger partial charge is 0.349 e. The SMILES string of the molecule is CCN(CC)c1nc2sc(C(=O)Nc3nc(C)c(SC)s3)cc2s1. The number of nitrogens with one attached hydrogen (secondary N) is 1. The minimum absolute atomic E-state index is 0.115. The topological polar surface area (TPSA) is 58.1 Å². The average molecular weight is 399 g/mol. The van der Waals surface area contributed by atoms with Gasteiger partial charge in [-0.25, -0.2) is 9.97 Å². The van der Waals surface area contributed by atoms with Crippen molar-refractivity contribution in [3.63, 3.8) is 0 Å². The van der Waals surface area contributed by atoms with Crippen LogP contribution in [0.5, 0.6) is 0 Å². The predicted molar refractivity (Wildman–Crippen MR) is 108 cm³/mol. The van der Waals surface area contributed by atoms with Gasteiger partial charge in [0.2, 0.25) is 0 Å². The maximum Gasteiger partial charge on any atom is 0.267 e. The summed E-state index contributed by atoms with van der Waals surface area (Å²) < 4.78 is 2.19. The summed E-state index contributed by atoms with van der Waals surface area (Å²) in [7, 11) is 0. The van der Waals surface area contributed by atoms with Crippen LogP contribution in [0.1, 0.15) is 29.2 Å². The summed E-state index contributed by atoms with van der Waals surface area (Å²) in [6, 6.07) is 1.93. The molecule has 0 atom stereocenters. The number of nitrogens with zero attached hydrogens (tertiary/aromatic N) is 3. The Kier molecular flexibility index (Phi) is 5.43. The van der Waals surface area contributed by atoms with E-state index in [2.05, 4.69) is 34.0 Å². The van der Waals surface area contributed by atoms with Crippen LogP contribution in [0, 0.1) is 6.92 Å². The van der Waals surface area contributed by atoms with Gasteiger partial charge < -0.3 is 4.90 Å². The van der Waals surface area contributed by atoms with Crippen LogP contribution in [-0.4, -0.2) is 35.2 Å². The monoisotopic (exact) mass is 398 g/mol. The van der Waals surface area contributed by atoms with Gasteiger partial charge in [-0.3, -0.25) is 10.1 Å². The Labute approximate surface area is 157 Å². The number of aromatic nitrogens is 2. The minimum Gasteiger partial charge on any atom is -0.349 e. The summed E-state index contributed by atoms with van der Waals surface area (Å²) in [4.78, 5) is 25.3. The van der Waals surface area contributed by atoms with E-state index in [1.807, 2.05) is 19.2 Å². The van der Waals surface area contributed by atoms with Crippen molar-refractivity contribution in [1.29, 1.82) is 0 Å². The van der Waals surface area contributed by atoms with Crippen LogP contribution in [0.25, 0.3) is 9.53 Å². The Morgan fingerprint density at radius 3 is 2.58 bits per heavy atom. The summed E-state index contributed by atoms with van der Waals surface area (Å²) in [5.74, 6) is -0.115. The molecular formula is C15H18N4OS4. The number of carbonyl (C=O) groups is 1. The molecule has 3 aromatic heterocycles. The highest BCUT2D eigenvalue weighted by atomic mass is 32.2. The Bertz CT molecular complexity index is 831. The van der Waals surface area contributed by atoms with E-state index in [1.165, 1.54) is 22.7 Å². The second-order valence-electron chi connectivity index (χ2n) is 5.00. The van der Waals surface area contributed by atoms with Crippen LogP contribution in [0.2, 0.25) is 0 Å². The van der Waals surface area contributed by atoms with E-state index < -0.39 is 0 Å². The van der Waals surface area contributed by atoms with Gasteiger partial charge in [0.05, 0.1) is 19.5 Å². The number of anilines is 2. The molecule has 3 aromatic rings. The highest BCUT2D eigenvalue weighted by Gasteiger charge is 2.17. The molecule has 5 nitrogen and oxygen atoms in total. The van der Waals surface area contributed by atoms with Crippen molar-refractivity contribution in [2.45, 2.75) is 25.0 Å². The molecule has 128 valence electrons. The molecule has 0 fully saturated rings. The zero-order valence-corrected chi connectivity index (χ0v) is 17.1. The molecule has 0 aromatic carbocycles. The van der Waals surface area contributed by atoms with Gasteiger partial charge in [0, 0.05) is 13.1 Å². The van der Waals surface area contributed by atoms with Gasteiger partial charge in [0.15, 0.2) is 10.3 Å². The van der Waals surface area contributed by atoms with Crippen LogP contribution in [-0.2, 0) is 0 Å². The fraction of sp³-hybridized carbons (Fsp3) is 0.400. The van der Waals surface area contributed by atoms with Crippen molar-refractivity contribution in [2.24, 2.45) is 0 Å². The van der Waals surface area contributed by atoms with Crippen LogP contribution >= 0.6 is 45.8 Å². The molecule has 9 heteroatoms. The van der Waals surface area contributed by atoms with Crippen molar-refractivity contribution in [2.75, 3.05) is 29.6 Å². The van der Waals surface area contributed by atoms with Crippen LogP contribution in [0.4, 0.5) is 10.3 Å². The molecule has 24 heavy (non-hydrogen) atoms. The zero-order valence-electron chi connectivity index (χ0n) is 13.9. The van der Waals surface area contributed by atoms with Crippen LogP contribution in [0.3, 0.4) is 0 Å². The van der Waals surface area contributed by atoms with E-state index in [-0.39, 0.29) is 5.91 Å². The molecule has 0 aliphatic heterocycles. The van der Waals surface area contributed by atoms with Gasteiger partial charge >= 0.3 is 0 Å². The normalized spacial score (nSPS) is 11.2. The maximum atomic E-state index is 12.4. The number of fused-ring (bicyclic) bond motifs is 1. The lowest BCUT2D eigenvalue weighted by molar-refractivity contribution is 0.103. The third-order valence-electron chi connectivity index (χ3n) is 3.50. The molecule has 1 N–H and O–H groups in total. The Morgan fingerprint density at radius 2 is 2.00 bits per heavy atom. The summed E-state index contributed by atoms with van der Waals surface area (Å²) in [6.45, 7) is 8.07. The number of carbonyl (C=O) groups excluding carboxylic acids is 1. The van der Waals surface area contributed by atoms with Crippen LogP contribution < -0.4 is 10.2 Å². The quantitative estimate of drug-likeness (QED) is 0.596. The molecule has 0 aliphatic carbocycles. The number of amides is 1. The number of thiophene rings is 1. The van der Waals surface area contributed by atoms with E-state index >= 15 is 0 Å². The molecule has 1 amide bonds. The highest BCUT2D eigenvalue weighted by molar-refractivity contribution is 8.00. The molecular weight excluding hydrogens is 380 g/mol. The number of hydrogen-bond acceptors (Lipinski definition) is 8. The van der Waals surface area contributed by atoms with Crippen LogP contribution in [0.15, 0.2) is 10.3 Å². The van der Waals surface area contributed by atoms with Gasteiger partial charge in [-0.2, -0.15) is 0 Å². The summed E-state index contributed by atoms with van der Waals surface area (Å²) in [5, 5.41) is 4.57. The van der Waals surface area contributed by atoms with Crippen molar-refractivity contribution in [3.05, 3.63) is 16.6 Å². The number of thiazole rings is 2. The Balaban J connectivity index is 1.78. The number of thioether (sulfide) groups is 1. The molecule has 0 saturated heterocycles. The summed E-state index contributed by atoms with van der Waals surface area (Å²) in [6.07, 6.45) is 2.01. The lowest BCUT2D eigenvalue weighted by Gasteiger charge is -2.16. The van der Waals surface area contributed by atoms with Crippen molar-refractivity contribution >= 4 is 71.5 Å². The zero-order chi connectivity index (χ0) is 17.3. The highest BCUT2D eigenvalue weighted by Crippen LogP contribution is 2.35. The first-order chi connectivity index (χ1) is 11.5. The molecule has 0 radical (unpaired) electrons. The smallest absolute Gasteiger partial charge is 0.267 e. The molecule has 3 heterocycles. The van der Waals surface area contributed by atoms with Crippen molar-refractivity contribution in [1.82, 2.24) is 9.97 Å². The fourth-order valence-corrected chi connectivity index (χ4v) is 6.09. The number of rotatable bonds is 6. The molecule has 0 unspecified atom stereocenters. The molecule has 0 saturated carbocycles. The Hall–Kier alpha value is -1.16. The van der Waals surface area contributed by atoms with E-state index in [9.17, 15) is 4.79 Å². The van der Waals surface area contributed by atoms with E-state index in [0.29, 0.717) is 10.0 Å². The van der Waals surface area contributed by atoms with Gasteiger partial charge in [-0.1, -0.05) is 22.7 Å². The number of hydrogen-bond donors (Lipinski definition) is 1. The lowest BCUT2D eigenvalue weighted by Crippen LogP contribution is -2.21. The molecule has 0 spiro atoms. The van der Waals surface area contributed by atoms with Gasteiger partial charge in [-0.05, 0) is 33.1 Å². The van der Waals surface area contributed by atoms with Gasteiger partial charge in [-0.15, -0.1) is 23.1 Å². The summed E-state index contributed by atoms with van der Waals surface area (Å²) in [5.41, 5.74) is 0.959. The average Bonchev–Trinajstić information content (AvgIpc) is 3.21. The minimum atomic E-state index is -0.115. The van der Waals surface area contributed by atoms with E-state index in [0.717, 1.165) is 37.7 Å². The van der Waals surface area contributed by atoms with E-state index in [4.69, 9.17) is 0 Å². The van der Waals surface area contributed by atoms with Crippen molar-refractivity contribution in [3.8, 4) is 0 Å². The first-order valence-electron chi connectivity index (χ1n) is 7.53. The predicted octanol–water partition coefficient (Wildman–Crippen LogP) is 4.94. The fourth-order valence-electron chi connectivity index (χ4n) is 2.25. The van der Waals surface area contributed by atoms with Gasteiger partial charge in [0.1, 0.15) is 4.83 Å². The second-order valence-corrected chi connectivity index (χ2v) is 9.11.